The second-order valence-corrected chi connectivity index (χ2v) is 15.1. The van der Waals surface area contributed by atoms with Gasteiger partial charge in [0.15, 0.2) is 17.5 Å². The van der Waals surface area contributed by atoms with Crippen LogP contribution in [0.15, 0.2) is 182 Å². The summed E-state index contributed by atoms with van der Waals surface area (Å²) in [4.78, 5) is 19.8. The van der Waals surface area contributed by atoms with Gasteiger partial charge in [-0.1, -0.05) is 121 Å². The molecule has 0 aliphatic carbocycles. The van der Waals surface area contributed by atoms with Crippen molar-refractivity contribution >= 4 is 43.6 Å². The number of para-hydroxylation sites is 2. The Balaban J connectivity index is 1.21. The third-order valence-electron chi connectivity index (χ3n) is 11.4. The molecule has 0 unspecified atom stereocenters. The van der Waals surface area contributed by atoms with E-state index in [4.69, 9.17) is 15.0 Å². The summed E-state index contributed by atoms with van der Waals surface area (Å²) in [6, 6.07) is 54.3. The average Bonchev–Trinajstić information content (AvgIpc) is 3.81. The normalized spacial score (nSPS) is 11.9. The lowest BCUT2D eigenvalue weighted by Crippen LogP contribution is -2.05. The molecular formula is C52H33F3N6. The largest absolute Gasteiger partial charge is 0.416 e. The lowest BCUT2D eigenvalue weighted by atomic mass is 10.00. The van der Waals surface area contributed by atoms with Crippen LogP contribution in [-0.2, 0) is 6.18 Å². The number of aromatic nitrogens is 6. The van der Waals surface area contributed by atoms with Crippen LogP contribution < -0.4 is 0 Å². The van der Waals surface area contributed by atoms with Crippen molar-refractivity contribution in [1.29, 1.82) is 0 Å². The topological polar surface area (TPSA) is 61.4 Å². The molecule has 0 amide bonds. The molecule has 0 bridgehead atoms. The summed E-state index contributed by atoms with van der Waals surface area (Å²) >= 11 is 0. The highest BCUT2D eigenvalue weighted by Crippen LogP contribution is 2.43. The summed E-state index contributed by atoms with van der Waals surface area (Å²) in [5.41, 5.74) is 9.67. The van der Waals surface area contributed by atoms with Crippen molar-refractivity contribution in [3.8, 4) is 56.7 Å². The highest BCUT2D eigenvalue weighted by atomic mass is 19.4. The molecule has 0 saturated carbocycles. The highest BCUT2D eigenvalue weighted by Gasteiger charge is 2.31. The van der Waals surface area contributed by atoms with E-state index in [1.807, 2.05) is 114 Å². The van der Waals surface area contributed by atoms with Gasteiger partial charge in [0, 0.05) is 61.8 Å². The standard InChI is InChI=1S/C52H33F3N6/c1-32-20-24-45-40(28-32)37-16-8-11-19-44(37)61(45)48-29-35(51-58-49(33-12-4-2-5-13-33)57-50(59-51)34-14-6-3-7-15-34)21-23-39(48)42-31-56-27-26-47(42)60-43-18-10-9-17-38(43)41-30-36(52(53,54)55)22-25-46(41)60/h2-31H,1H3. The Bertz CT molecular complexity index is 3420. The van der Waals surface area contributed by atoms with Crippen molar-refractivity contribution in [1.82, 2.24) is 29.1 Å². The van der Waals surface area contributed by atoms with Crippen LogP contribution in [0.5, 0.6) is 0 Å². The Morgan fingerprint density at radius 1 is 0.426 bits per heavy atom. The fourth-order valence-corrected chi connectivity index (χ4v) is 8.57. The molecule has 7 aromatic carbocycles. The average molecular weight is 799 g/mol. The molecule has 4 aromatic heterocycles. The lowest BCUT2D eigenvalue weighted by molar-refractivity contribution is -0.137. The van der Waals surface area contributed by atoms with Crippen molar-refractivity contribution < 1.29 is 13.2 Å². The number of hydrogen-bond acceptors (Lipinski definition) is 4. The first-order valence-electron chi connectivity index (χ1n) is 19.9. The maximum absolute atomic E-state index is 14.1. The van der Waals surface area contributed by atoms with Gasteiger partial charge >= 0.3 is 6.18 Å². The number of aryl methyl sites for hydroxylation is 1. The predicted octanol–water partition coefficient (Wildman–Crippen LogP) is 13.5. The Morgan fingerprint density at radius 3 is 1.57 bits per heavy atom. The summed E-state index contributed by atoms with van der Waals surface area (Å²) in [5.74, 6) is 1.61. The van der Waals surface area contributed by atoms with Crippen LogP contribution in [0.2, 0.25) is 0 Å². The van der Waals surface area contributed by atoms with E-state index < -0.39 is 11.7 Å². The molecule has 0 saturated heterocycles. The molecule has 11 rings (SSSR count). The van der Waals surface area contributed by atoms with E-state index in [0.29, 0.717) is 28.4 Å². The first-order chi connectivity index (χ1) is 29.8. The molecule has 0 aliphatic rings. The number of nitrogens with zero attached hydrogens (tertiary/aromatic N) is 6. The molecule has 6 nitrogen and oxygen atoms in total. The van der Waals surface area contributed by atoms with Crippen LogP contribution in [-0.4, -0.2) is 29.1 Å². The zero-order valence-corrected chi connectivity index (χ0v) is 32.6. The molecule has 11 aromatic rings. The van der Waals surface area contributed by atoms with Crippen molar-refractivity contribution in [2.75, 3.05) is 0 Å². The second-order valence-electron chi connectivity index (χ2n) is 15.1. The number of alkyl halides is 3. The van der Waals surface area contributed by atoms with E-state index in [2.05, 4.69) is 65.0 Å². The minimum atomic E-state index is -4.49. The van der Waals surface area contributed by atoms with Gasteiger partial charge in [-0.2, -0.15) is 13.2 Å². The third kappa shape index (κ3) is 6.12. The summed E-state index contributed by atoms with van der Waals surface area (Å²) in [7, 11) is 0. The zero-order chi connectivity index (χ0) is 41.2. The Kier molecular flexibility index (Phi) is 8.38. The molecule has 0 aliphatic heterocycles. The molecule has 0 radical (unpaired) electrons. The van der Waals surface area contributed by atoms with E-state index in [-0.39, 0.29) is 0 Å². The van der Waals surface area contributed by atoms with Gasteiger partial charge in [-0.3, -0.25) is 4.98 Å². The van der Waals surface area contributed by atoms with E-state index in [9.17, 15) is 13.2 Å². The quantitative estimate of drug-likeness (QED) is 0.168. The maximum Gasteiger partial charge on any atom is 0.416 e. The van der Waals surface area contributed by atoms with Crippen LogP contribution in [0.1, 0.15) is 11.1 Å². The summed E-state index contributed by atoms with van der Waals surface area (Å²) in [6.07, 6.45) is -0.929. The molecule has 9 heteroatoms. The minimum absolute atomic E-state index is 0.506. The molecule has 0 fully saturated rings. The van der Waals surface area contributed by atoms with Gasteiger partial charge in [-0.25, -0.2) is 15.0 Å². The van der Waals surface area contributed by atoms with Gasteiger partial charge in [0.25, 0.3) is 0 Å². The molecular weight excluding hydrogens is 766 g/mol. The highest BCUT2D eigenvalue weighted by molar-refractivity contribution is 6.11. The molecule has 4 heterocycles. The van der Waals surface area contributed by atoms with Crippen LogP contribution >= 0.6 is 0 Å². The van der Waals surface area contributed by atoms with E-state index >= 15 is 0 Å². The summed E-state index contributed by atoms with van der Waals surface area (Å²) in [6.45, 7) is 2.10. The van der Waals surface area contributed by atoms with Gasteiger partial charge in [-0.15, -0.1) is 0 Å². The fraction of sp³-hybridized carbons (Fsp3) is 0.0385. The Hall–Kier alpha value is -7.91. The third-order valence-corrected chi connectivity index (χ3v) is 11.4. The first kappa shape index (κ1) is 36.2. The molecule has 0 atom stereocenters. The lowest BCUT2D eigenvalue weighted by Gasteiger charge is -2.19. The van der Waals surface area contributed by atoms with Gasteiger partial charge in [0.05, 0.1) is 39.0 Å². The monoisotopic (exact) mass is 798 g/mol. The number of fused-ring (bicyclic) bond motifs is 6. The van der Waals surface area contributed by atoms with E-state index in [1.54, 1.807) is 12.3 Å². The number of pyridine rings is 1. The number of rotatable bonds is 6. The van der Waals surface area contributed by atoms with Crippen molar-refractivity contribution in [3.63, 3.8) is 0 Å². The van der Waals surface area contributed by atoms with Crippen LogP contribution in [0.25, 0.3) is 100 Å². The zero-order valence-electron chi connectivity index (χ0n) is 32.6. The molecule has 292 valence electrons. The van der Waals surface area contributed by atoms with Crippen LogP contribution in [0.3, 0.4) is 0 Å². The molecule has 0 spiro atoms. The van der Waals surface area contributed by atoms with Crippen molar-refractivity contribution in [2.45, 2.75) is 13.1 Å². The Morgan fingerprint density at radius 2 is 0.951 bits per heavy atom. The second kappa shape index (κ2) is 14.1. The van der Waals surface area contributed by atoms with Crippen LogP contribution in [0.4, 0.5) is 13.2 Å². The first-order valence-corrected chi connectivity index (χ1v) is 19.9. The number of halogens is 3. The minimum Gasteiger partial charge on any atom is -0.309 e. The molecule has 61 heavy (non-hydrogen) atoms. The van der Waals surface area contributed by atoms with Gasteiger partial charge in [0.2, 0.25) is 0 Å². The van der Waals surface area contributed by atoms with Gasteiger partial charge in [0.1, 0.15) is 0 Å². The van der Waals surface area contributed by atoms with Crippen molar-refractivity contribution in [2.24, 2.45) is 0 Å². The fourth-order valence-electron chi connectivity index (χ4n) is 8.57. The van der Waals surface area contributed by atoms with Crippen LogP contribution in [0, 0.1) is 6.92 Å². The van der Waals surface area contributed by atoms with E-state index in [1.165, 1.54) is 6.07 Å². The Labute approximate surface area is 347 Å². The number of hydrogen-bond donors (Lipinski definition) is 0. The smallest absolute Gasteiger partial charge is 0.309 e. The predicted molar refractivity (Wildman–Crippen MR) is 238 cm³/mol. The van der Waals surface area contributed by atoms with Gasteiger partial charge in [-0.05, 0) is 61.5 Å². The van der Waals surface area contributed by atoms with E-state index in [0.717, 1.165) is 83.5 Å². The molecule has 0 N–H and O–H groups in total. The summed E-state index contributed by atoms with van der Waals surface area (Å²) < 4.78 is 46.6. The van der Waals surface area contributed by atoms with Crippen molar-refractivity contribution in [3.05, 3.63) is 193 Å². The SMILES string of the molecule is Cc1ccc2c(c1)c1ccccc1n2-c1cc(-c2nc(-c3ccccc3)nc(-c3ccccc3)n2)ccc1-c1cnccc1-n1c2ccccc2c2cc(C(F)(F)F)ccc21. The number of benzene rings is 7. The summed E-state index contributed by atoms with van der Waals surface area (Å²) in [5, 5.41) is 3.45. The maximum atomic E-state index is 14.1. The van der Waals surface area contributed by atoms with Gasteiger partial charge < -0.3 is 9.13 Å².